The molecule has 0 radical (unpaired) electrons. The van der Waals surface area contributed by atoms with Gasteiger partial charge >= 0.3 is 0 Å². The smallest absolute Gasteiger partial charge is 0.274 e. The van der Waals surface area contributed by atoms with Crippen LogP contribution in [0.25, 0.3) is 0 Å². The summed E-state index contributed by atoms with van der Waals surface area (Å²) >= 11 is 5.68. The second-order valence-corrected chi connectivity index (χ2v) is 6.44. The van der Waals surface area contributed by atoms with Gasteiger partial charge in [0.15, 0.2) is 10.8 Å². The Morgan fingerprint density at radius 1 is 1.32 bits per heavy atom. The third-order valence-electron chi connectivity index (χ3n) is 4.03. The lowest BCUT2D eigenvalue weighted by Gasteiger charge is -2.38. The Balaban J connectivity index is 2.02. The van der Waals surface area contributed by atoms with Crippen LogP contribution in [-0.2, 0) is 0 Å². The molecule has 1 aromatic heterocycles. The molecule has 0 N–H and O–H groups in total. The fourth-order valence-electron chi connectivity index (χ4n) is 2.55. The topological polar surface area (TPSA) is 46.1 Å². The minimum Gasteiger partial charge on any atom is -0.337 e. The van der Waals surface area contributed by atoms with Gasteiger partial charge in [0.05, 0.1) is 0 Å². The van der Waals surface area contributed by atoms with Crippen molar-refractivity contribution in [1.29, 1.82) is 0 Å². The fourth-order valence-corrected chi connectivity index (χ4v) is 2.65. The maximum absolute atomic E-state index is 12.3. The van der Waals surface area contributed by atoms with Gasteiger partial charge < -0.3 is 4.90 Å². The zero-order chi connectivity index (χ0) is 14.0. The predicted molar refractivity (Wildman–Crippen MR) is 75.2 cm³/mol. The van der Waals surface area contributed by atoms with E-state index in [0.29, 0.717) is 22.3 Å². The van der Waals surface area contributed by atoms with Crippen LogP contribution in [0.2, 0.25) is 5.15 Å². The lowest BCUT2D eigenvalue weighted by atomic mass is 9.75. The standard InChI is InChI=1S/C14H20ClN3O/c1-14(2)8-6-10(7-9-14)18(3)13(19)11-4-5-12(15)17-16-11/h4-5,10H,6-9H2,1-3H3. The molecular formula is C14H20ClN3O. The van der Waals surface area contributed by atoms with Crippen LogP contribution in [-0.4, -0.2) is 34.1 Å². The number of hydrogen-bond donors (Lipinski definition) is 0. The highest BCUT2D eigenvalue weighted by Crippen LogP contribution is 2.36. The molecule has 0 unspecified atom stereocenters. The highest BCUT2D eigenvalue weighted by atomic mass is 35.5. The van der Waals surface area contributed by atoms with Crippen molar-refractivity contribution in [1.82, 2.24) is 15.1 Å². The average Bonchev–Trinajstić information content (AvgIpc) is 2.38. The van der Waals surface area contributed by atoms with E-state index in [0.717, 1.165) is 25.7 Å². The molecule has 1 saturated carbocycles. The van der Waals surface area contributed by atoms with E-state index in [1.165, 1.54) is 0 Å². The Hall–Kier alpha value is -1.16. The van der Waals surface area contributed by atoms with Crippen molar-refractivity contribution < 1.29 is 4.79 Å². The number of nitrogens with zero attached hydrogens (tertiary/aromatic N) is 3. The highest BCUT2D eigenvalue weighted by molar-refractivity contribution is 6.29. The number of carbonyl (C=O) groups is 1. The van der Waals surface area contributed by atoms with Gasteiger partial charge in [0.1, 0.15) is 0 Å². The van der Waals surface area contributed by atoms with Gasteiger partial charge in [0, 0.05) is 13.1 Å². The second kappa shape index (κ2) is 5.45. The number of carbonyl (C=O) groups excluding carboxylic acids is 1. The van der Waals surface area contributed by atoms with Crippen LogP contribution in [0.1, 0.15) is 50.0 Å². The van der Waals surface area contributed by atoms with Crippen molar-refractivity contribution in [3.8, 4) is 0 Å². The summed E-state index contributed by atoms with van der Waals surface area (Å²) in [4.78, 5) is 14.1. The monoisotopic (exact) mass is 281 g/mol. The van der Waals surface area contributed by atoms with E-state index in [1.807, 2.05) is 7.05 Å². The third-order valence-corrected chi connectivity index (χ3v) is 4.23. The lowest BCUT2D eigenvalue weighted by molar-refractivity contribution is 0.0628. The first kappa shape index (κ1) is 14.3. The van der Waals surface area contributed by atoms with Crippen molar-refractivity contribution in [2.24, 2.45) is 5.41 Å². The van der Waals surface area contributed by atoms with Gasteiger partial charge in [-0.25, -0.2) is 0 Å². The minimum atomic E-state index is -0.0751. The fraction of sp³-hybridized carbons (Fsp3) is 0.643. The molecule has 0 bridgehead atoms. The number of amides is 1. The molecule has 0 aliphatic heterocycles. The molecule has 1 aliphatic rings. The summed E-state index contributed by atoms with van der Waals surface area (Å²) in [5.41, 5.74) is 0.761. The molecule has 4 nitrogen and oxygen atoms in total. The van der Waals surface area contributed by atoms with Crippen LogP contribution in [0.3, 0.4) is 0 Å². The number of hydrogen-bond acceptors (Lipinski definition) is 3. The maximum atomic E-state index is 12.3. The summed E-state index contributed by atoms with van der Waals surface area (Å²) in [6, 6.07) is 3.53. The largest absolute Gasteiger partial charge is 0.337 e. The molecule has 5 heteroatoms. The molecule has 19 heavy (non-hydrogen) atoms. The maximum Gasteiger partial charge on any atom is 0.274 e. The normalized spacial score (nSPS) is 19.2. The van der Waals surface area contributed by atoms with Crippen molar-refractivity contribution in [2.75, 3.05) is 7.05 Å². The molecule has 1 amide bonds. The molecule has 1 aromatic rings. The van der Waals surface area contributed by atoms with Gasteiger partial charge in [-0.05, 0) is 43.2 Å². The molecule has 1 heterocycles. The van der Waals surface area contributed by atoms with E-state index in [9.17, 15) is 4.79 Å². The van der Waals surface area contributed by atoms with E-state index in [4.69, 9.17) is 11.6 Å². The second-order valence-electron chi connectivity index (χ2n) is 6.05. The average molecular weight is 282 g/mol. The molecular weight excluding hydrogens is 262 g/mol. The molecule has 0 aromatic carbocycles. The molecule has 0 spiro atoms. The molecule has 104 valence electrons. The van der Waals surface area contributed by atoms with Crippen molar-refractivity contribution in [3.05, 3.63) is 23.0 Å². The Bertz CT molecular complexity index is 448. The van der Waals surface area contributed by atoms with E-state index < -0.39 is 0 Å². The van der Waals surface area contributed by atoms with Crippen molar-refractivity contribution in [2.45, 2.75) is 45.6 Å². The van der Waals surface area contributed by atoms with Crippen molar-refractivity contribution in [3.63, 3.8) is 0 Å². The van der Waals surface area contributed by atoms with Crippen LogP contribution >= 0.6 is 11.6 Å². The highest BCUT2D eigenvalue weighted by Gasteiger charge is 2.31. The van der Waals surface area contributed by atoms with Gasteiger partial charge in [0.2, 0.25) is 0 Å². The first-order valence-corrected chi connectivity index (χ1v) is 7.03. The predicted octanol–water partition coefficient (Wildman–Crippen LogP) is 3.17. The first-order chi connectivity index (χ1) is 8.89. The Kier molecular flexibility index (Phi) is 4.09. The SMILES string of the molecule is CN(C(=O)c1ccc(Cl)nn1)C1CCC(C)(C)CC1. The summed E-state index contributed by atoms with van der Waals surface area (Å²) in [5.74, 6) is -0.0751. The lowest BCUT2D eigenvalue weighted by Crippen LogP contribution is -2.41. The zero-order valence-electron chi connectivity index (χ0n) is 11.7. The number of rotatable bonds is 2. The van der Waals surface area contributed by atoms with Crippen LogP contribution in [0.15, 0.2) is 12.1 Å². The van der Waals surface area contributed by atoms with Crippen LogP contribution in [0.4, 0.5) is 0 Å². The van der Waals surface area contributed by atoms with E-state index >= 15 is 0 Å². The molecule has 1 fully saturated rings. The zero-order valence-corrected chi connectivity index (χ0v) is 12.4. The van der Waals surface area contributed by atoms with E-state index in [2.05, 4.69) is 24.0 Å². The van der Waals surface area contributed by atoms with Gasteiger partial charge in [-0.1, -0.05) is 25.4 Å². The van der Waals surface area contributed by atoms with Crippen molar-refractivity contribution >= 4 is 17.5 Å². The quantitative estimate of drug-likeness (QED) is 0.836. The molecule has 0 saturated heterocycles. The van der Waals surface area contributed by atoms with E-state index in [1.54, 1.807) is 17.0 Å². The minimum absolute atomic E-state index is 0.0751. The van der Waals surface area contributed by atoms with Crippen LogP contribution < -0.4 is 0 Å². The van der Waals surface area contributed by atoms with Gasteiger partial charge in [-0.3, -0.25) is 4.79 Å². The van der Waals surface area contributed by atoms with Gasteiger partial charge in [0.25, 0.3) is 5.91 Å². The summed E-state index contributed by atoms with van der Waals surface area (Å²) in [5, 5.41) is 7.87. The van der Waals surface area contributed by atoms with Crippen LogP contribution in [0, 0.1) is 5.41 Å². The van der Waals surface area contributed by atoms with Gasteiger partial charge in [-0.2, -0.15) is 0 Å². The third kappa shape index (κ3) is 3.44. The number of halogens is 1. The summed E-state index contributed by atoms with van der Waals surface area (Å²) in [7, 11) is 1.85. The molecule has 0 atom stereocenters. The summed E-state index contributed by atoms with van der Waals surface area (Å²) in [6.45, 7) is 4.57. The Labute approximate surface area is 119 Å². The Morgan fingerprint density at radius 3 is 2.47 bits per heavy atom. The number of aromatic nitrogens is 2. The van der Waals surface area contributed by atoms with Gasteiger partial charge in [-0.15, -0.1) is 10.2 Å². The van der Waals surface area contributed by atoms with E-state index in [-0.39, 0.29) is 5.91 Å². The first-order valence-electron chi connectivity index (χ1n) is 6.65. The summed E-state index contributed by atoms with van der Waals surface area (Å²) in [6.07, 6.45) is 4.41. The summed E-state index contributed by atoms with van der Waals surface area (Å²) < 4.78 is 0. The van der Waals surface area contributed by atoms with Crippen LogP contribution in [0.5, 0.6) is 0 Å². The molecule has 2 rings (SSSR count). The molecule has 1 aliphatic carbocycles. The Morgan fingerprint density at radius 2 is 1.95 bits per heavy atom.